The molecule has 11 heavy (non-hydrogen) atoms. The largest absolute Gasteiger partial charge is 0.459 e. The van der Waals surface area contributed by atoms with E-state index in [1.807, 2.05) is 0 Å². The van der Waals surface area contributed by atoms with Gasteiger partial charge in [-0.05, 0) is 0 Å². The predicted octanol–water partition coefficient (Wildman–Crippen LogP) is 1.08. The van der Waals surface area contributed by atoms with Crippen LogP contribution in [-0.2, 0) is 4.74 Å². The molecule has 0 aliphatic rings. The van der Waals surface area contributed by atoms with E-state index in [4.69, 9.17) is 15.8 Å². The van der Waals surface area contributed by atoms with Crippen molar-refractivity contribution < 1.29 is 14.3 Å². The van der Waals surface area contributed by atoms with Crippen molar-refractivity contribution in [3.63, 3.8) is 0 Å². The van der Waals surface area contributed by atoms with Gasteiger partial charge in [0.05, 0.1) is 12.8 Å². The molecule has 0 aromatic heterocycles. The van der Waals surface area contributed by atoms with Crippen LogP contribution in [-0.4, -0.2) is 21.4 Å². The summed E-state index contributed by atoms with van der Waals surface area (Å²) in [5.41, 5.74) is 16.6. The van der Waals surface area contributed by atoms with E-state index >= 15 is 0 Å². The zero-order valence-electron chi connectivity index (χ0n) is 6.61. The Morgan fingerprint density at radius 3 is 1.64 bits per heavy atom. The van der Waals surface area contributed by atoms with Gasteiger partial charge in [-0.1, -0.05) is 13.8 Å². The first-order valence-electron chi connectivity index (χ1n) is 3.38. The van der Waals surface area contributed by atoms with Crippen molar-refractivity contribution in [1.29, 1.82) is 0 Å². The van der Waals surface area contributed by atoms with Crippen molar-refractivity contribution in [1.82, 2.24) is 0 Å². The van der Waals surface area contributed by atoms with Crippen molar-refractivity contribution >= 4 is 11.8 Å². The molecule has 5 nitrogen and oxygen atoms in total. The Morgan fingerprint density at radius 2 is 1.45 bits per heavy atom. The van der Waals surface area contributed by atoms with Crippen LogP contribution < -0.4 is 0 Å². The van der Waals surface area contributed by atoms with Crippen molar-refractivity contribution in [2.75, 3.05) is 0 Å². The Labute approximate surface area is 64.8 Å². The van der Waals surface area contributed by atoms with Crippen molar-refractivity contribution in [2.45, 2.75) is 26.7 Å². The summed E-state index contributed by atoms with van der Waals surface area (Å²) in [5.74, 6) is 0.277. The molecule has 0 aromatic rings. The fraction of sp³-hybridized carbons (Fsp3) is 0.667. The standard InChI is InChI=1S/C6H10N4O/c1-3-5(9-7)11-6(4-2)10-8/h3-4H2,1-2H3. The third kappa shape index (κ3) is 3.30. The smallest absolute Gasteiger partial charge is 0.357 e. The molecule has 60 valence electrons. The average Bonchev–Trinajstić information content (AvgIpc) is 2.07. The van der Waals surface area contributed by atoms with E-state index in [0.717, 1.165) is 0 Å². The summed E-state index contributed by atoms with van der Waals surface area (Å²) >= 11 is 0. The van der Waals surface area contributed by atoms with E-state index in [2.05, 4.69) is 9.58 Å². The second-order valence-corrected chi connectivity index (χ2v) is 1.80. The summed E-state index contributed by atoms with van der Waals surface area (Å²) < 4.78 is 4.85. The predicted molar refractivity (Wildman–Crippen MR) is 38.9 cm³/mol. The molecule has 0 saturated carbocycles. The third-order valence-corrected chi connectivity index (χ3v) is 1.06. The second kappa shape index (κ2) is 5.35. The second-order valence-electron chi connectivity index (χ2n) is 1.80. The number of rotatable bonds is 2. The molecule has 0 unspecified atom stereocenters. The number of hydrogen-bond donors (Lipinski definition) is 0. The molecule has 0 radical (unpaired) electrons. The molecule has 0 N–H and O–H groups in total. The van der Waals surface area contributed by atoms with Crippen LogP contribution in [0.15, 0.2) is 0 Å². The van der Waals surface area contributed by atoms with E-state index < -0.39 is 0 Å². The van der Waals surface area contributed by atoms with E-state index in [1.54, 1.807) is 13.8 Å². The van der Waals surface area contributed by atoms with Crippen molar-refractivity contribution in [3.8, 4) is 0 Å². The SMILES string of the molecule is CCC(=[N+]=[N-])OC(CC)=[N+]=[N-]. The van der Waals surface area contributed by atoms with Gasteiger partial charge in [-0.15, -0.1) is 9.58 Å². The molecule has 0 rings (SSSR count). The van der Waals surface area contributed by atoms with Gasteiger partial charge >= 0.3 is 11.8 Å². The van der Waals surface area contributed by atoms with E-state index in [0.29, 0.717) is 12.8 Å². The average molecular weight is 154 g/mol. The molecule has 0 fully saturated rings. The van der Waals surface area contributed by atoms with Crippen LogP contribution in [0, 0.1) is 0 Å². The Hall–Kier alpha value is -1.44. The van der Waals surface area contributed by atoms with E-state index in [1.165, 1.54) is 0 Å². The van der Waals surface area contributed by atoms with Crippen LogP contribution in [0.2, 0.25) is 0 Å². The van der Waals surface area contributed by atoms with E-state index in [9.17, 15) is 0 Å². The Balaban J connectivity index is 4.23. The Kier molecular flexibility index (Phi) is 4.65. The van der Waals surface area contributed by atoms with Crippen LogP contribution in [0.4, 0.5) is 0 Å². The summed E-state index contributed by atoms with van der Waals surface area (Å²) in [7, 11) is 0. The topological polar surface area (TPSA) is 82.0 Å². The van der Waals surface area contributed by atoms with Crippen molar-refractivity contribution in [3.05, 3.63) is 11.1 Å². The van der Waals surface area contributed by atoms with Gasteiger partial charge in [0, 0.05) is 0 Å². The van der Waals surface area contributed by atoms with Gasteiger partial charge in [0.1, 0.15) is 0 Å². The minimum atomic E-state index is 0.139. The molecule has 0 atom stereocenters. The summed E-state index contributed by atoms with van der Waals surface area (Å²) in [6.45, 7) is 3.53. The molecule has 0 amide bonds. The van der Waals surface area contributed by atoms with Gasteiger partial charge in [-0.3, -0.25) is 0 Å². The lowest BCUT2D eigenvalue weighted by Gasteiger charge is -1.88. The molecule has 0 heterocycles. The molecular formula is C6H10N4O. The molecule has 0 aromatic carbocycles. The molecule has 5 heteroatoms. The monoisotopic (exact) mass is 154 g/mol. The minimum Gasteiger partial charge on any atom is -0.357 e. The summed E-state index contributed by atoms with van der Waals surface area (Å²) in [4.78, 5) is 5.69. The molecule has 0 bridgehead atoms. The highest BCUT2D eigenvalue weighted by Gasteiger charge is 2.14. The van der Waals surface area contributed by atoms with Gasteiger partial charge in [-0.25, -0.2) is 0 Å². The highest BCUT2D eigenvalue weighted by atomic mass is 16.5. The number of ether oxygens (including phenoxy) is 1. The van der Waals surface area contributed by atoms with Crippen molar-refractivity contribution in [2.24, 2.45) is 0 Å². The molecule has 0 aliphatic heterocycles. The maximum atomic E-state index is 8.29. The molecular weight excluding hydrogens is 144 g/mol. The fourth-order valence-corrected chi connectivity index (χ4v) is 0.463. The fourth-order valence-electron chi connectivity index (χ4n) is 0.463. The van der Waals surface area contributed by atoms with Crippen LogP contribution in [0.3, 0.4) is 0 Å². The van der Waals surface area contributed by atoms with Crippen LogP contribution >= 0.6 is 0 Å². The Morgan fingerprint density at radius 1 is 1.09 bits per heavy atom. The van der Waals surface area contributed by atoms with Crippen LogP contribution in [0.5, 0.6) is 0 Å². The molecule has 0 saturated heterocycles. The minimum absolute atomic E-state index is 0.139. The highest BCUT2D eigenvalue weighted by molar-refractivity contribution is 5.85. The first kappa shape index (κ1) is 9.56. The first-order valence-corrected chi connectivity index (χ1v) is 3.38. The van der Waals surface area contributed by atoms with Crippen LogP contribution in [0.1, 0.15) is 26.7 Å². The van der Waals surface area contributed by atoms with Gasteiger partial charge in [0.15, 0.2) is 0 Å². The lowest BCUT2D eigenvalue weighted by Crippen LogP contribution is -2.12. The summed E-state index contributed by atoms with van der Waals surface area (Å²) in [6.07, 6.45) is 0.908. The normalized spacial score (nSPS) is 7.82. The van der Waals surface area contributed by atoms with Gasteiger partial charge in [0.2, 0.25) is 0 Å². The number of hydrogen-bond acceptors (Lipinski definition) is 1. The quantitative estimate of drug-likeness (QED) is 0.253. The third-order valence-electron chi connectivity index (χ3n) is 1.06. The van der Waals surface area contributed by atoms with Gasteiger partial charge < -0.3 is 15.8 Å². The van der Waals surface area contributed by atoms with Gasteiger partial charge in [0.25, 0.3) is 0 Å². The summed E-state index contributed by atoms with van der Waals surface area (Å²) in [6, 6.07) is 0. The Bertz CT molecular complexity index is 199. The lowest BCUT2D eigenvalue weighted by molar-refractivity contribution is -0.0594. The zero-order valence-corrected chi connectivity index (χ0v) is 6.61. The highest BCUT2D eigenvalue weighted by Crippen LogP contribution is 1.88. The number of nitrogens with zero attached hydrogens (tertiary/aromatic N) is 4. The first-order chi connectivity index (χ1) is 5.28. The maximum Gasteiger partial charge on any atom is 0.459 e. The summed E-state index contributed by atoms with van der Waals surface area (Å²) in [5, 5.41) is 0. The van der Waals surface area contributed by atoms with Crippen LogP contribution in [0.25, 0.3) is 11.1 Å². The zero-order chi connectivity index (χ0) is 8.69. The lowest BCUT2D eigenvalue weighted by atomic mass is 10.4. The maximum absolute atomic E-state index is 8.29. The van der Waals surface area contributed by atoms with E-state index in [-0.39, 0.29) is 11.8 Å². The van der Waals surface area contributed by atoms with Gasteiger partial charge in [-0.2, -0.15) is 0 Å². The molecule has 0 aliphatic carbocycles. The molecule has 0 spiro atoms.